The quantitative estimate of drug-likeness (QED) is 0.718. The lowest BCUT2D eigenvalue weighted by Gasteiger charge is -2.17. The minimum atomic E-state index is -0.0544. The second-order valence-electron chi connectivity index (χ2n) is 4.05. The number of hydrogen-bond donors (Lipinski definition) is 2. The van der Waals surface area contributed by atoms with Crippen LogP contribution in [0.3, 0.4) is 0 Å². The van der Waals surface area contributed by atoms with Gasteiger partial charge in [-0.3, -0.25) is 0 Å². The van der Waals surface area contributed by atoms with Gasteiger partial charge < -0.3 is 15.2 Å². The number of hydrogen-bond acceptors (Lipinski definition) is 5. The van der Waals surface area contributed by atoms with Gasteiger partial charge in [-0.1, -0.05) is 6.92 Å². The minimum absolute atomic E-state index is 0.0497. The molecule has 1 aromatic heterocycles. The number of anilines is 1. The first-order valence-electron chi connectivity index (χ1n) is 6.09. The maximum absolute atomic E-state index is 9.28. The lowest BCUT2D eigenvalue weighted by Crippen LogP contribution is -2.26. The molecule has 0 amide bonds. The number of halogens is 1. The summed E-state index contributed by atoms with van der Waals surface area (Å²) in [6.07, 6.45) is 2.58. The van der Waals surface area contributed by atoms with Crippen molar-refractivity contribution in [1.29, 1.82) is 0 Å². The Morgan fingerprint density at radius 1 is 1.50 bits per heavy atom. The van der Waals surface area contributed by atoms with Gasteiger partial charge in [-0.05, 0) is 28.8 Å². The summed E-state index contributed by atoms with van der Waals surface area (Å²) < 4.78 is 5.76. The van der Waals surface area contributed by atoms with Crippen LogP contribution in [0, 0.1) is 0 Å². The Bertz CT molecular complexity index is 363. The van der Waals surface area contributed by atoms with E-state index in [2.05, 4.69) is 38.1 Å². The Hall–Kier alpha value is -0.720. The third-order valence-corrected chi connectivity index (χ3v) is 2.86. The van der Waals surface area contributed by atoms with Gasteiger partial charge in [-0.2, -0.15) is 0 Å². The van der Waals surface area contributed by atoms with E-state index in [-0.39, 0.29) is 12.6 Å². The van der Waals surface area contributed by atoms with Crippen LogP contribution in [0.4, 0.5) is 5.82 Å². The number of aryl methyl sites for hydroxylation is 1. The predicted octanol–water partition coefficient (Wildman–Crippen LogP) is 2.00. The summed E-state index contributed by atoms with van der Waals surface area (Å²) in [5.74, 6) is 1.54. The second-order valence-corrected chi connectivity index (χ2v) is 4.86. The molecule has 2 N–H and O–H groups in total. The Kier molecular flexibility index (Phi) is 7.15. The monoisotopic (exact) mass is 317 g/mol. The summed E-state index contributed by atoms with van der Waals surface area (Å²) in [7, 11) is 1.65. The van der Waals surface area contributed by atoms with Gasteiger partial charge in [0.2, 0.25) is 0 Å². The van der Waals surface area contributed by atoms with Crippen LogP contribution < -0.4 is 5.32 Å². The van der Waals surface area contributed by atoms with Crippen molar-refractivity contribution in [3.05, 3.63) is 16.5 Å². The summed E-state index contributed by atoms with van der Waals surface area (Å²) in [5, 5.41) is 12.5. The first-order valence-corrected chi connectivity index (χ1v) is 6.88. The van der Waals surface area contributed by atoms with Crippen LogP contribution >= 0.6 is 15.9 Å². The highest BCUT2D eigenvalue weighted by Gasteiger charge is 2.09. The number of aliphatic hydroxyl groups is 1. The van der Waals surface area contributed by atoms with Crippen molar-refractivity contribution in [2.45, 2.75) is 32.2 Å². The average Bonchev–Trinajstić information content (AvgIpc) is 2.34. The molecule has 0 aliphatic carbocycles. The van der Waals surface area contributed by atoms with Gasteiger partial charge in [0.1, 0.15) is 16.2 Å². The maximum atomic E-state index is 9.28. The third-order valence-electron chi connectivity index (χ3n) is 2.46. The van der Waals surface area contributed by atoms with Gasteiger partial charge in [0.15, 0.2) is 0 Å². The van der Waals surface area contributed by atoms with Crippen molar-refractivity contribution in [2.24, 2.45) is 0 Å². The van der Waals surface area contributed by atoms with Crippen LogP contribution in [-0.2, 0) is 11.2 Å². The standard InChI is InChI=1S/C12H20BrN3O2/c1-3-4-11-15-10(13)7-12(16-11)14-9(8-17)5-6-18-2/h7,9,17H,3-6,8H2,1-2H3,(H,14,15,16). The lowest BCUT2D eigenvalue weighted by atomic mass is 10.2. The Balaban J connectivity index is 2.69. The topological polar surface area (TPSA) is 67.3 Å². The van der Waals surface area contributed by atoms with Crippen LogP contribution in [0.5, 0.6) is 0 Å². The Morgan fingerprint density at radius 2 is 2.28 bits per heavy atom. The molecule has 0 fully saturated rings. The lowest BCUT2D eigenvalue weighted by molar-refractivity contribution is 0.174. The van der Waals surface area contributed by atoms with Crippen LogP contribution in [0.2, 0.25) is 0 Å². The number of methoxy groups -OCH3 is 1. The van der Waals surface area contributed by atoms with Gasteiger partial charge in [0, 0.05) is 26.2 Å². The molecule has 0 aromatic carbocycles. The fourth-order valence-electron chi connectivity index (χ4n) is 1.55. The molecule has 18 heavy (non-hydrogen) atoms. The maximum Gasteiger partial charge on any atom is 0.132 e. The van der Waals surface area contributed by atoms with E-state index in [1.807, 2.05) is 6.07 Å². The predicted molar refractivity (Wildman–Crippen MR) is 74.7 cm³/mol. The number of rotatable bonds is 8. The molecule has 6 heteroatoms. The third kappa shape index (κ3) is 5.29. The summed E-state index contributed by atoms with van der Waals surface area (Å²) in [5.41, 5.74) is 0. The smallest absolute Gasteiger partial charge is 0.132 e. The van der Waals surface area contributed by atoms with E-state index >= 15 is 0 Å². The molecular weight excluding hydrogens is 298 g/mol. The van der Waals surface area contributed by atoms with Crippen molar-refractivity contribution in [2.75, 3.05) is 25.6 Å². The molecular formula is C12H20BrN3O2. The van der Waals surface area contributed by atoms with E-state index in [1.54, 1.807) is 7.11 Å². The van der Waals surface area contributed by atoms with E-state index in [0.29, 0.717) is 6.61 Å². The van der Waals surface area contributed by atoms with Crippen LogP contribution in [0.25, 0.3) is 0 Å². The van der Waals surface area contributed by atoms with Crippen molar-refractivity contribution >= 4 is 21.7 Å². The average molecular weight is 318 g/mol. The molecule has 1 aromatic rings. The molecule has 0 spiro atoms. The van der Waals surface area contributed by atoms with Gasteiger partial charge in [-0.15, -0.1) is 0 Å². The summed E-state index contributed by atoms with van der Waals surface area (Å²) >= 11 is 3.37. The first-order chi connectivity index (χ1) is 8.69. The van der Waals surface area contributed by atoms with Crippen molar-refractivity contribution in [3.63, 3.8) is 0 Å². The SMILES string of the molecule is CCCc1nc(Br)cc(NC(CO)CCOC)n1. The van der Waals surface area contributed by atoms with Crippen LogP contribution in [-0.4, -0.2) is 41.4 Å². The van der Waals surface area contributed by atoms with Crippen LogP contribution in [0.15, 0.2) is 10.7 Å². The van der Waals surface area contributed by atoms with Gasteiger partial charge in [-0.25, -0.2) is 9.97 Å². The fourth-order valence-corrected chi connectivity index (χ4v) is 1.97. The molecule has 1 rings (SSSR count). The normalized spacial score (nSPS) is 12.4. The van der Waals surface area contributed by atoms with E-state index in [4.69, 9.17) is 4.74 Å². The van der Waals surface area contributed by atoms with Crippen molar-refractivity contribution < 1.29 is 9.84 Å². The Labute approximate surface area is 116 Å². The molecule has 0 bridgehead atoms. The zero-order valence-corrected chi connectivity index (χ0v) is 12.4. The van der Waals surface area contributed by atoms with Crippen molar-refractivity contribution in [3.8, 4) is 0 Å². The first kappa shape index (κ1) is 15.3. The molecule has 0 radical (unpaired) electrons. The molecule has 0 aliphatic rings. The van der Waals surface area contributed by atoms with E-state index in [9.17, 15) is 5.11 Å². The number of nitrogens with one attached hydrogen (secondary N) is 1. The van der Waals surface area contributed by atoms with E-state index < -0.39 is 0 Å². The molecule has 102 valence electrons. The Morgan fingerprint density at radius 3 is 2.89 bits per heavy atom. The molecule has 5 nitrogen and oxygen atoms in total. The summed E-state index contributed by atoms with van der Waals surface area (Å²) in [6.45, 7) is 2.74. The highest BCUT2D eigenvalue weighted by Crippen LogP contribution is 2.14. The van der Waals surface area contributed by atoms with E-state index in [0.717, 1.165) is 35.5 Å². The molecule has 0 saturated carbocycles. The van der Waals surface area contributed by atoms with Crippen LogP contribution in [0.1, 0.15) is 25.6 Å². The van der Waals surface area contributed by atoms with Gasteiger partial charge in [0.25, 0.3) is 0 Å². The number of nitrogens with zero attached hydrogens (tertiary/aromatic N) is 2. The zero-order valence-electron chi connectivity index (χ0n) is 10.8. The molecule has 1 heterocycles. The molecule has 1 unspecified atom stereocenters. The number of aromatic nitrogens is 2. The summed E-state index contributed by atoms with van der Waals surface area (Å²) in [6, 6.07) is 1.76. The number of ether oxygens (including phenoxy) is 1. The fraction of sp³-hybridized carbons (Fsp3) is 0.667. The van der Waals surface area contributed by atoms with Gasteiger partial charge >= 0.3 is 0 Å². The molecule has 0 saturated heterocycles. The molecule has 0 aliphatic heterocycles. The summed E-state index contributed by atoms with van der Waals surface area (Å²) in [4.78, 5) is 8.71. The largest absolute Gasteiger partial charge is 0.394 e. The van der Waals surface area contributed by atoms with Gasteiger partial charge in [0.05, 0.1) is 12.6 Å². The number of aliphatic hydroxyl groups excluding tert-OH is 1. The second kappa shape index (κ2) is 8.39. The highest BCUT2D eigenvalue weighted by molar-refractivity contribution is 9.10. The van der Waals surface area contributed by atoms with E-state index in [1.165, 1.54) is 0 Å². The molecule has 1 atom stereocenters. The zero-order chi connectivity index (χ0) is 13.4. The minimum Gasteiger partial charge on any atom is -0.394 e. The highest BCUT2D eigenvalue weighted by atomic mass is 79.9. The van der Waals surface area contributed by atoms with Crippen molar-refractivity contribution in [1.82, 2.24) is 9.97 Å².